The van der Waals surface area contributed by atoms with E-state index in [1.807, 2.05) is 11.3 Å². The van der Waals surface area contributed by atoms with Crippen molar-refractivity contribution in [1.82, 2.24) is 20.1 Å². The Morgan fingerprint density at radius 2 is 2.26 bits per heavy atom. The van der Waals surface area contributed by atoms with E-state index < -0.39 is 0 Å². The number of guanidine groups is 1. The largest absolute Gasteiger partial charge is 0.379 e. The van der Waals surface area contributed by atoms with E-state index in [0.717, 1.165) is 51.8 Å². The normalized spacial score (nSPS) is 22.4. The molecule has 0 spiro atoms. The van der Waals surface area contributed by atoms with Gasteiger partial charge in [0.15, 0.2) is 5.96 Å². The van der Waals surface area contributed by atoms with Crippen LogP contribution in [0.1, 0.15) is 49.2 Å². The number of aryl methyl sites for hydroxylation is 2. The van der Waals surface area contributed by atoms with Crippen molar-refractivity contribution in [3.8, 4) is 0 Å². The van der Waals surface area contributed by atoms with Crippen molar-refractivity contribution in [2.75, 3.05) is 39.9 Å². The Morgan fingerprint density at radius 3 is 3.00 bits per heavy atom. The monoisotopic (exact) mass is 393 g/mol. The average molecular weight is 394 g/mol. The third-order valence-corrected chi connectivity index (χ3v) is 6.59. The number of nitrogens with one attached hydrogen (secondary N) is 1. The summed E-state index contributed by atoms with van der Waals surface area (Å²) >= 11 is 1.89. The van der Waals surface area contributed by atoms with E-state index in [2.05, 4.69) is 42.9 Å². The first kappa shape index (κ1) is 20.6. The Balaban J connectivity index is 1.61. The van der Waals surface area contributed by atoms with Crippen molar-refractivity contribution in [3.05, 3.63) is 15.6 Å². The van der Waals surface area contributed by atoms with Crippen molar-refractivity contribution < 1.29 is 4.74 Å². The van der Waals surface area contributed by atoms with Gasteiger partial charge in [0, 0.05) is 37.1 Å². The lowest BCUT2D eigenvalue weighted by atomic mass is 10.0. The lowest BCUT2D eigenvalue weighted by Crippen LogP contribution is -2.49. The Morgan fingerprint density at radius 1 is 1.44 bits per heavy atom. The maximum atomic E-state index is 5.56. The fourth-order valence-corrected chi connectivity index (χ4v) is 5.15. The summed E-state index contributed by atoms with van der Waals surface area (Å²) in [4.78, 5) is 16.0. The van der Waals surface area contributed by atoms with E-state index in [1.54, 1.807) is 0 Å². The van der Waals surface area contributed by atoms with E-state index >= 15 is 0 Å². The number of hydrogen-bond donors (Lipinski definition) is 1. The molecule has 3 rings (SSSR count). The standard InChI is InChI=1S/C20H35N5OS/c1-5-21-20(22-12-15(2)25-10-11-26-14-16(25)3)24(4)13-19-23-17-8-6-7-9-18(17)27-19/h15-16H,5-14H2,1-4H3,(H,21,22). The summed E-state index contributed by atoms with van der Waals surface area (Å²) < 4.78 is 5.56. The maximum absolute atomic E-state index is 5.56. The highest BCUT2D eigenvalue weighted by molar-refractivity contribution is 7.11. The quantitative estimate of drug-likeness (QED) is 0.595. The summed E-state index contributed by atoms with van der Waals surface area (Å²) in [5.74, 6) is 0.971. The number of morpholine rings is 1. The van der Waals surface area contributed by atoms with E-state index in [4.69, 9.17) is 14.7 Å². The zero-order valence-corrected chi connectivity index (χ0v) is 18.1. The molecule has 6 nitrogen and oxygen atoms in total. The summed E-state index contributed by atoms with van der Waals surface area (Å²) in [6.45, 7) is 11.8. The average Bonchev–Trinajstić information content (AvgIpc) is 3.07. The van der Waals surface area contributed by atoms with Gasteiger partial charge in [-0.1, -0.05) is 0 Å². The molecule has 1 N–H and O–H groups in total. The molecule has 2 unspecified atom stereocenters. The Bertz CT molecular complexity index is 608. The van der Waals surface area contributed by atoms with Gasteiger partial charge in [-0.25, -0.2) is 4.98 Å². The molecule has 1 aliphatic carbocycles. The van der Waals surface area contributed by atoms with E-state index in [9.17, 15) is 0 Å². The van der Waals surface area contributed by atoms with Crippen LogP contribution >= 0.6 is 11.3 Å². The summed E-state index contributed by atoms with van der Waals surface area (Å²) in [5.41, 5.74) is 1.34. The lowest BCUT2D eigenvalue weighted by Gasteiger charge is -2.37. The number of nitrogens with zero attached hydrogens (tertiary/aromatic N) is 4. The van der Waals surface area contributed by atoms with Crippen molar-refractivity contribution in [2.45, 2.75) is 65.1 Å². The second-order valence-electron chi connectivity index (χ2n) is 7.75. The zero-order chi connectivity index (χ0) is 19.2. The third-order valence-electron chi connectivity index (χ3n) is 5.45. The summed E-state index contributed by atoms with van der Waals surface area (Å²) in [5, 5.41) is 4.66. The van der Waals surface area contributed by atoms with Gasteiger partial charge >= 0.3 is 0 Å². The molecule has 2 atom stereocenters. The molecule has 0 saturated carbocycles. The second-order valence-corrected chi connectivity index (χ2v) is 8.91. The summed E-state index contributed by atoms with van der Waals surface area (Å²) in [6.07, 6.45) is 4.96. The van der Waals surface area contributed by atoms with Crippen LogP contribution < -0.4 is 5.32 Å². The molecule has 1 aliphatic heterocycles. The molecule has 0 amide bonds. The molecular formula is C20H35N5OS. The van der Waals surface area contributed by atoms with Crippen LogP contribution in [0.25, 0.3) is 0 Å². The van der Waals surface area contributed by atoms with Crippen LogP contribution in [0.2, 0.25) is 0 Å². The molecule has 2 heterocycles. The lowest BCUT2D eigenvalue weighted by molar-refractivity contribution is -0.0166. The highest BCUT2D eigenvalue weighted by Gasteiger charge is 2.23. The molecule has 152 valence electrons. The number of aliphatic imine (C=N–C) groups is 1. The van der Waals surface area contributed by atoms with Crippen LogP contribution in [0.3, 0.4) is 0 Å². The smallest absolute Gasteiger partial charge is 0.194 e. The van der Waals surface area contributed by atoms with Crippen molar-refractivity contribution in [2.24, 2.45) is 4.99 Å². The molecule has 2 aliphatic rings. The van der Waals surface area contributed by atoms with Gasteiger partial charge in [0.25, 0.3) is 0 Å². The minimum Gasteiger partial charge on any atom is -0.379 e. The minimum absolute atomic E-state index is 0.415. The first-order valence-corrected chi connectivity index (χ1v) is 11.2. The van der Waals surface area contributed by atoms with Gasteiger partial charge in [-0.15, -0.1) is 11.3 Å². The first-order valence-electron chi connectivity index (χ1n) is 10.4. The van der Waals surface area contributed by atoms with Crippen LogP contribution in [-0.2, 0) is 24.1 Å². The SMILES string of the molecule is CCNC(=NCC(C)N1CCOCC1C)N(C)Cc1nc2c(s1)CCCC2. The van der Waals surface area contributed by atoms with Crippen molar-refractivity contribution in [3.63, 3.8) is 0 Å². The van der Waals surface area contributed by atoms with E-state index in [1.165, 1.54) is 34.8 Å². The molecule has 1 aromatic rings. The van der Waals surface area contributed by atoms with E-state index in [-0.39, 0.29) is 0 Å². The molecule has 0 bridgehead atoms. The Hall–Kier alpha value is -1.18. The fraction of sp³-hybridized carbons (Fsp3) is 0.800. The minimum atomic E-state index is 0.415. The van der Waals surface area contributed by atoms with Crippen LogP contribution in [-0.4, -0.2) is 72.7 Å². The van der Waals surface area contributed by atoms with Crippen molar-refractivity contribution in [1.29, 1.82) is 0 Å². The predicted molar refractivity (Wildman–Crippen MR) is 113 cm³/mol. The maximum Gasteiger partial charge on any atom is 0.194 e. The highest BCUT2D eigenvalue weighted by atomic mass is 32.1. The first-order chi connectivity index (χ1) is 13.1. The number of rotatable bonds is 6. The molecule has 0 radical (unpaired) electrons. The topological polar surface area (TPSA) is 53.0 Å². The van der Waals surface area contributed by atoms with Gasteiger partial charge in [0.2, 0.25) is 0 Å². The Kier molecular flexibility index (Phi) is 7.49. The second kappa shape index (κ2) is 9.85. The summed E-state index contributed by atoms with van der Waals surface area (Å²) in [6, 6.07) is 0.879. The van der Waals surface area contributed by atoms with Crippen LogP contribution in [0.5, 0.6) is 0 Å². The molecule has 7 heteroatoms. The molecule has 1 saturated heterocycles. The molecular weight excluding hydrogens is 358 g/mol. The van der Waals surface area contributed by atoms with Gasteiger partial charge in [0.05, 0.1) is 32.0 Å². The molecule has 0 aromatic carbocycles. The number of hydrogen-bond acceptors (Lipinski definition) is 5. The predicted octanol–water partition coefficient (Wildman–Crippen LogP) is 2.53. The number of fused-ring (bicyclic) bond motifs is 1. The van der Waals surface area contributed by atoms with Gasteiger partial charge in [0.1, 0.15) is 5.01 Å². The van der Waals surface area contributed by atoms with Gasteiger partial charge in [-0.3, -0.25) is 9.89 Å². The van der Waals surface area contributed by atoms with Crippen LogP contribution in [0.4, 0.5) is 0 Å². The fourth-order valence-electron chi connectivity index (χ4n) is 3.94. The molecule has 27 heavy (non-hydrogen) atoms. The van der Waals surface area contributed by atoms with Gasteiger partial charge in [-0.05, 0) is 46.5 Å². The molecule has 1 fully saturated rings. The van der Waals surface area contributed by atoms with Crippen LogP contribution in [0, 0.1) is 0 Å². The highest BCUT2D eigenvalue weighted by Crippen LogP contribution is 2.27. The number of thiazole rings is 1. The Labute approximate surface area is 168 Å². The van der Waals surface area contributed by atoms with Gasteiger partial charge < -0.3 is 15.0 Å². The third kappa shape index (κ3) is 5.42. The molecule has 1 aromatic heterocycles. The van der Waals surface area contributed by atoms with Crippen LogP contribution in [0.15, 0.2) is 4.99 Å². The number of ether oxygens (including phenoxy) is 1. The zero-order valence-electron chi connectivity index (χ0n) is 17.3. The number of aromatic nitrogens is 1. The summed E-state index contributed by atoms with van der Waals surface area (Å²) in [7, 11) is 2.11. The van der Waals surface area contributed by atoms with Crippen molar-refractivity contribution >= 4 is 17.3 Å². The van der Waals surface area contributed by atoms with Gasteiger partial charge in [-0.2, -0.15) is 0 Å². The van der Waals surface area contributed by atoms with E-state index in [0.29, 0.717) is 12.1 Å².